The standard InChI is InChI=1S/C8H8N4O3/c1-3-6(13)10-5-4(9-3)7(14)12(2)8(15)11-5/h4H,1-2H3,(H,10,11,13,15). The quantitative estimate of drug-likeness (QED) is 0.549. The van der Waals surface area contributed by atoms with E-state index in [-0.39, 0.29) is 11.5 Å². The third-order valence-corrected chi connectivity index (χ3v) is 2.22. The van der Waals surface area contributed by atoms with Gasteiger partial charge in [0.2, 0.25) is 0 Å². The number of fused-ring (bicyclic) bond motifs is 1. The van der Waals surface area contributed by atoms with E-state index in [4.69, 9.17) is 0 Å². The number of urea groups is 1. The lowest BCUT2D eigenvalue weighted by Crippen LogP contribution is -2.56. The molecule has 1 atom stereocenters. The van der Waals surface area contributed by atoms with E-state index in [1.165, 1.54) is 14.0 Å². The molecule has 0 fully saturated rings. The number of hydrogen-bond donors (Lipinski definition) is 1. The van der Waals surface area contributed by atoms with Crippen LogP contribution in [0.15, 0.2) is 9.98 Å². The van der Waals surface area contributed by atoms with Gasteiger partial charge in [0.25, 0.3) is 11.8 Å². The zero-order valence-electron chi connectivity index (χ0n) is 8.14. The number of rotatable bonds is 0. The highest BCUT2D eigenvalue weighted by Gasteiger charge is 2.38. The first kappa shape index (κ1) is 9.50. The van der Waals surface area contributed by atoms with Crippen molar-refractivity contribution in [3.8, 4) is 0 Å². The van der Waals surface area contributed by atoms with E-state index in [0.29, 0.717) is 0 Å². The number of aliphatic imine (C=N–C) groups is 2. The molecule has 0 saturated carbocycles. The maximum atomic E-state index is 11.6. The summed E-state index contributed by atoms with van der Waals surface area (Å²) >= 11 is 0. The van der Waals surface area contributed by atoms with E-state index in [1.807, 2.05) is 0 Å². The molecular weight excluding hydrogens is 200 g/mol. The third-order valence-electron chi connectivity index (χ3n) is 2.22. The van der Waals surface area contributed by atoms with Crippen LogP contribution in [0.2, 0.25) is 0 Å². The van der Waals surface area contributed by atoms with Crippen LogP contribution >= 0.6 is 0 Å². The first-order valence-corrected chi connectivity index (χ1v) is 4.26. The Balaban J connectivity index is 2.48. The maximum absolute atomic E-state index is 11.6. The van der Waals surface area contributed by atoms with Gasteiger partial charge in [-0.25, -0.2) is 4.79 Å². The number of imide groups is 1. The van der Waals surface area contributed by atoms with Gasteiger partial charge in [-0.3, -0.25) is 19.5 Å². The lowest BCUT2D eigenvalue weighted by atomic mass is 10.1. The van der Waals surface area contributed by atoms with Crippen molar-refractivity contribution in [3.05, 3.63) is 0 Å². The fourth-order valence-electron chi connectivity index (χ4n) is 1.31. The average molecular weight is 208 g/mol. The average Bonchev–Trinajstić information content (AvgIpc) is 2.19. The van der Waals surface area contributed by atoms with Crippen LogP contribution in [0, 0.1) is 0 Å². The Bertz CT molecular complexity index is 437. The SMILES string of the molecule is CC1=NC2C(=O)N(C)C(=O)N=C2NC1=O. The number of hydrogen-bond acceptors (Lipinski definition) is 4. The minimum atomic E-state index is -0.884. The summed E-state index contributed by atoms with van der Waals surface area (Å²) in [5, 5.41) is 2.36. The minimum Gasteiger partial charge on any atom is -0.307 e. The van der Waals surface area contributed by atoms with Gasteiger partial charge < -0.3 is 5.32 Å². The van der Waals surface area contributed by atoms with Crippen LogP contribution in [0.25, 0.3) is 0 Å². The van der Waals surface area contributed by atoms with E-state index in [9.17, 15) is 14.4 Å². The normalized spacial score (nSPS) is 25.6. The highest BCUT2D eigenvalue weighted by atomic mass is 16.2. The predicted molar refractivity (Wildman–Crippen MR) is 50.6 cm³/mol. The first-order valence-electron chi connectivity index (χ1n) is 4.26. The number of nitrogens with zero attached hydrogens (tertiary/aromatic N) is 3. The van der Waals surface area contributed by atoms with Crippen molar-refractivity contribution in [1.29, 1.82) is 0 Å². The van der Waals surface area contributed by atoms with E-state index < -0.39 is 23.9 Å². The van der Waals surface area contributed by atoms with Gasteiger partial charge in [-0.2, -0.15) is 4.99 Å². The third kappa shape index (κ3) is 1.32. The lowest BCUT2D eigenvalue weighted by molar-refractivity contribution is -0.127. The summed E-state index contributed by atoms with van der Waals surface area (Å²) in [6.07, 6.45) is 0. The number of amidine groups is 1. The Labute approximate surface area is 84.9 Å². The molecule has 2 aliphatic rings. The molecule has 0 saturated heterocycles. The minimum absolute atomic E-state index is 0.0127. The van der Waals surface area contributed by atoms with E-state index in [2.05, 4.69) is 15.3 Å². The van der Waals surface area contributed by atoms with Gasteiger partial charge >= 0.3 is 6.03 Å². The fourth-order valence-corrected chi connectivity index (χ4v) is 1.31. The van der Waals surface area contributed by atoms with Gasteiger partial charge in [0.05, 0.1) is 5.71 Å². The molecule has 0 radical (unpaired) electrons. The molecule has 0 bridgehead atoms. The molecular formula is C8H8N4O3. The van der Waals surface area contributed by atoms with Gasteiger partial charge in [-0.05, 0) is 6.92 Å². The number of nitrogens with one attached hydrogen (secondary N) is 1. The number of carbonyl (C=O) groups is 3. The molecule has 78 valence electrons. The number of carbonyl (C=O) groups excluding carboxylic acids is 3. The van der Waals surface area contributed by atoms with Crippen LogP contribution < -0.4 is 5.32 Å². The molecule has 15 heavy (non-hydrogen) atoms. The molecule has 2 heterocycles. The maximum Gasteiger partial charge on any atom is 0.351 e. The summed E-state index contributed by atoms with van der Waals surface area (Å²) in [6, 6.07) is -1.58. The van der Waals surface area contributed by atoms with Crippen LogP contribution in [0.4, 0.5) is 4.79 Å². The largest absolute Gasteiger partial charge is 0.351 e. The Morgan fingerprint density at radius 3 is 2.67 bits per heavy atom. The van der Waals surface area contributed by atoms with E-state index in [0.717, 1.165) is 4.90 Å². The predicted octanol–water partition coefficient (Wildman–Crippen LogP) is -1.06. The van der Waals surface area contributed by atoms with Gasteiger partial charge in [0.15, 0.2) is 6.04 Å². The molecule has 2 rings (SSSR count). The summed E-state index contributed by atoms with van der Waals surface area (Å²) in [7, 11) is 1.33. The highest BCUT2D eigenvalue weighted by Crippen LogP contribution is 2.11. The van der Waals surface area contributed by atoms with Crippen molar-refractivity contribution >= 4 is 29.4 Å². The lowest BCUT2D eigenvalue weighted by Gasteiger charge is -2.27. The zero-order chi connectivity index (χ0) is 11.2. The molecule has 0 aromatic heterocycles. The molecule has 0 spiro atoms. The summed E-state index contributed by atoms with van der Waals surface area (Å²) in [5.41, 5.74) is 0.204. The molecule has 1 N–H and O–H groups in total. The summed E-state index contributed by atoms with van der Waals surface area (Å²) in [5.74, 6) is -0.904. The Hall–Kier alpha value is -2.05. The fraction of sp³-hybridized carbons (Fsp3) is 0.375. The van der Waals surface area contributed by atoms with Gasteiger partial charge in [0.1, 0.15) is 5.84 Å². The van der Waals surface area contributed by atoms with Crippen LogP contribution in [0.1, 0.15) is 6.92 Å². The van der Waals surface area contributed by atoms with E-state index in [1.54, 1.807) is 0 Å². The van der Waals surface area contributed by atoms with Crippen LogP contribution in [0.5, 0.6) is 0 Å². The van der Waals surface area contributed by atoms with E-state index >= 15 is 0 Å². The molecule has 7 nitrogen and oxygen atoms in total. The van der Waals surface area contributed by atoms with Crippen molar-refractivity contribution in [1.82, 2.24) is 10.2 Å². The molecule has 0 aromatic carbocycles. The second-order valence-corrected chi connectivity index (χ2v) is 3.25. The van der Waals surface area contributed by atoms with Crippen LogP contribution in [0.3, 0.4) is 0 Å². The first-order chi connectivity index (χ1) is 7.00. The van der Waals surface area contributed by atoms with Crippen LogP contribution in [-0.2, 0) is 9.59 Å². The molecule has 7 heteroatoms. The van der Waals surface area contributed by atoms with Crippen molar-refractivity contribution < 1.29 is 14.4 Å². The molecule has 1 unspecified atom stereocenters. The second kappa shape index (κ2) is 2.97. The summed E-state index contributed by atoms with van der Waals surface area (Å²) in [4.78, 5) is 42.3. The van der Waals surface area contributed by atoms with Crippen molar-refractivity contribution in [2.75, 3.05) is 7.05 Å². The highest BCUT2D eigenvalue weighted by molar-refractivity contribution is 6.44. The van der Waals surface area contributed by atoms with Crippen LogP contribution in [-0.4, -0.2) is 47.4 Å². The Morgan fingerprint density at radius 1 is 1.33 bits per heavy atom. The van der Waals surface area contributed by atoms with Gasteiger partial charge in [-0.1, -0.05) is 0 Å². The molecule has 2 aliphatic heterocycles. The molecule has 0 aliphatic carbocycles. The van der Waals surface area contributed by atoms with Gasteiger partial charge in [-0.15, -0.1) is 0 Å². The topological polar surface area (TPSA) is 91.2 Å². The number of likely N-dealkylation sites (N-methyl/N-ethyl adjacent to an activating group) is 1. The number of amides is 4. The van der Waals surface area contributed by atoms with Crippen molar-refractivity contribution in [2.45, 2.75) is 13.0 Å². The van der Waals surface area contributed by atoms with Gasteiger partial charge in [0, 0.05) is 7.05 Å². The second-order valence-electron chi connectivity index (χ2n) is 3.25. The monoisotopic (exact) mass is 208 g/mol. The molecule has 4 amide bonds. The smallest absolute Gasteiger partial charge is 0.307 e. The summed E-state index contributed by atoms with van der Waals surface area (Å²) in [6.45, 7) is 1.50. The molecule has 0 aromatic rings. The van der Waals surface area contributed by atoms with Crippen molar-refractivity contribution in [2.24, 2.45) is 9.98 Å². The Morgan fingerprint density at radius 2 is 2.00 bits per heavy atom. The Kier molecular flexibility index (Phi) is 1.88. The van der Waals surface area contributed by atoms with Crippen molar-refractivity contribution in [3.63, 3.8) is 0 Å². The summed E-state index contributed by atoms with van der Waals surface area (Å²) < 4.78 is 0. The zero-order valence-corrected chi connectivity index (χ0v) is 8.14.